The Hall–Kier alpha value is -3.48. The fraction of sp³-hybridized carbons (Fsp3) is 0.261. The van der Waals surface area contributed by atoms with Crippen molar-refractivity contribution in [3.05, 3.63) is 82.9 Å². The molecule has 156 valence electrons. The molecule has 0 aliphatic rings. The first-order valence-corrected chi connectivity index (χ1v) is 9.80. The van der Waals surface area contributed by atoms with E-state index in [2.05, 4.69) is 5.10 Å². The lowest BCUT2D eigenvalue weighted by molar-refractivity contribution is 0.0525. The van der Waals surface area contributed by atoms with Crippen LogP contribution < -0.4 is 0 Å². The third-order valence-electron chi connectivity index (χ3n) is 4.80. The van der Waals surface area contributed by atoms with Gasteiger partial charge in [0, 0.05) is 18.7 Å². The van der Waals surface area contributed by atoms with E-state index < -0.39 is 5.97 Å². The first kappa shape index (κ1) is 21.2. The first-order valence-electron chi connectivity index (χ1n) is 9.80. The van der Waals surface area contributed by atoms with Gasteiger partial charge in [-0.25, -0.2) is 13.9 Å². The number of esters is 1. The number of halogens is 1. The second kappa shape index (κ2) is 9.35. The molecule has 2 aromatic carbocycles. The van der Waals surface area contributed by atoms with Gasteiger partial charge in [0.25, 0.3) is 5.91 Å². The summed E-state index contributed by atoms with van der Waals surface area (Å²) in [5.41, 5.74) is 3.05. The van der Waals surface area contributed by atoms with Crippen molar-refractivity contribution >= 4 is 11.9 Å². The third-order valence-corrected chi connectivity index (χ3v) is 4.80. The average Bonchev–Trinajstić information content (AvgIpc) is 3.13. The molecule has 3 aromatic rings. The molecular formula is C23H24FN3O3. The molecular weight excluding hydrogens is 385 g/mol. The minimum Gasteiger partial charge on any atom is -0.462 e. The first-order chi connectivity index (χ1) is 14.4. The molecule has 0 atom stereocenters. The second-order valence-corrected chi connectivity index (χ2v) is 6.77. The highest BCUT2D eigenvalue weighted by atomic mass is 19.1. The quantitative estimate of drug-likeness (QED) is 0.550. The van der Waals surface area contributed by atoms with Crippen molar-refractivity contribution in [2.75, 3.05) is 13.2 Å². The third kappa shape index (κ3) is 4.56. The van der Waals surface area contributed by atoms with Crippen LogP contribution in [0.5, 0.6) is 0 Å². The highest BCUT2D eigenvalue weighted by molar-refractivity contribution is 5.94. The highest BCUT2D eigenvalue weighted by Gasteiger charge is 2.18. The van der Waals surface area contributed by atoms with Crippen LogP contribution in [0, 0.1) is 12.7 Å². The van der Waals surface area contributed by atoms with E-state index in [1.54, 1.807) is 59.8 Å². The SMILES string of the molecule is CCOC(=O)c1cnn(-c2ccc(C(=O)N(CC)Cc3cccc(F)c3)cc2)c1C. The van der Waals surface area contributed by atoms with E-state index in [1.807, 2.05) is 6.92 Å². The van der Waals surface area contributed by atoms with Gasteiger partial charge in [0.2, 0.25) is 0 Å². The number of amides is 1. The number of ether oxygens (including phenoxy) is 1. The smallest absolute Gasteiger partial charge is 0.341 e. The zero-order chi connectivity index (χ0) is 21.7. The van der Waals surface area contributed by atoms with Crippen molar-refractivity contribution < 1.29 is 18.7 Å². The number of benzene rings is 2. The predicted molar refractivity (Wildman–Crippen MR) is 111 cm³/mol. The fourth-order valence-corrected chi connectivity index (χ4v) is 3.19. The molecule has 0 N–H and O–H groups in total. The van der Waals surface area contributed by atoms with Crippen molar-refractivity contribution in [3.63, 3.8) is 0 Å². The number of rotatable bonds is 7. The summed E-state index contributed by atoms with van der Waals surface area (Å²) in [5, 5.41) is 4.26. The summed E-state index contributed by atoms with van der Waals surface area (Å²) in [6.07, 6.45) is 1.48. The van der Waals surface area contributed by atoms with Gasteiger partial charge in [0.15, 0.2) is 0 Å². The molecule has 0 bridgehead atoms. The minimum atomic E-state index is -0.413. The monoisotopic (exact) mass is 409 g/mol. The van der Waals surface area contributed by atoms with E-state index in [-0.39, 0.29) is 11.7 Å². The fourth-order valence-electron chi connectivity index (χ4n) is 3.19. The van der Waals surface area contributed by atoms with E-state index >= 15 is 0 Å². The summed E-state index contributed by atoms with van der Waals surface area (Å²) in [4.78, 5) is 26.5. The number of hydrogen-bond donors (Lipinski definition) is 0. The molecule has 0 fully saturated rings. The molecule has 1 aromatic heterocycles. The maximum Gasteiger partial charge on any atom is 0.341 e. The Morgan fingerprint density at radius 2 is 1.87 bits per heavy atom. The highest BCUT2D eigenvalue weighted by Crippen LogP contribution is 2.17. The number of carbonyl (C=O) groups is 2. The molecule has 7 heteroatoms. The lowest BCUT2D eigenvalue weighted by Gasteiger charge is -2.21. The van der Waals surface area contributed by atoms with Gasteiger partial charge in [0.1, 0.15) is 11.4 Å². The van der Waals surface area contributed by atoms with Crippen molar-refractivity contribution in [3.8, 4) is 5.69 Å². The van der Waals surface area contributed by atoms with Gasteiger partial charge in [-0.1, -0.05) is 12.1 Å². The Morgan fingerprint density at radius 3 is 2.50 bits per heavy atom. The Kier molecular flexibility index (Phi) is 6.61. The van der Waals surface area contributed by atoms with Crippen LogP contribution in [0.4, 0.5) is 4.39 Å². The van der Waals surface area contributed by atoms with Crippen LogP contribution in [0.25, 0.3) is 5.69 Å². The van der Waals surface area contributed by atoms with Crippen molar-refractivity contribution in [1.29, 1.82) is 0 Å². The Bertz CT molecular complexity index is 1040. The Morgan fingerprint density at radius 1 is 1.13 bits per heavy atom. The Balaban J connectivity index is 1.78. The van der Waals surface area contributed by atoms with Gasteiger partial charge in [-0.05, 0) is 62.7 Å². The predicted octanol–water partition coefficient (Wildman–Crippen LogP) is 4.16. The molecule has 1 heterocycles. The summed E-state index contributed by atoms with van der Waals surface area (Å²) in [6, 6.07) is 13.2. The van der Waals surface area contributed by atoms with Crippen molar-refractivity contribution in [1.82, 2.24) is 14.7 Å². The lowest BCUT2D eigenvalue weighted by atomic mass is 10.1. The minimum absolute atomic E-state index is 0.141. The number of hydrogen-bond acceptors (Lipinski definition) is 4. The second-order valence-electron chi connectivity index (χ2n) is 6.77. The zero-order valence-electron chi connectivity index (χ0n) is 17.3. The lowest BCUT2D eigenvalue weighted by Crippen LogP contribution is -2.30. The topological polar surface area (TPSA) is 64.4 Å². The molecule has 0 aliphatic carbocycles. The standard InChI is InChI=1S/C23H24FN3O3/c1-4-26(15-17-7-6-8-19(24)13-17)22(28)18-9-11-20(12-10-18)27-16(3)21(14-25-27)23(29)30-5-2/h6-14H,4-5,15H2,1-3H3. The molecule has 0 spiro atoms. The summed E-state index contributed by atoms with van der Waals surface area (Å²) in [5.74, 6) is -0.876. The molecule has 1 amide bonds. The van der Waals surface area contributed by atoms with E-state index in [1.165, 1.54) is 18.3 Å². The van der Waals surface area contributed by atoms with E-state index in [0.717, 1.165) is 11.3 Å². The number of aromatic nitrogens is 2. The summed E-state index contributed by atoms with van der Waals surface area (Å²) < 4.78 is 20.1. The van der Waals surface area contributed by atoms with E-state index in [4.69, 9.17) is 4.74 Å². The van der Waals surface area contributed by atoms with E-state index in [9.17, 15) is 14.0 Å². The van der Waals surface area contributed by atoms with Gasteiger partial charge in [-0.3, -0.25) is 4.79 Å². The largest absolute Gasteiger partial charge is 0.462 e. The molecule has 0 saturated heterocycles. The molecule has 0 saturated carbocycles. The van der Waals surface area contributed by atoms with Gasteiger partial charge >= 0.3 is 5.97 Å². The van der Waals surface area contributed by atoms with Gasteiger partial charge < -0.3 is 9.64 Å². The van der Waals surface area contributed by atoms with Crippen LogP contribution in [0.2, 0.25) is 0 Å². The molecule has 3 rings (SSSR count). The van der Waals surface area contributed by atoms with Crippen LogP contribution in [-0.4, -0.2) is 39.7 Å². The summed E-state index contributed by atoms with van der Waals surface area (Å²) in [7, 11) is 0. The molecule has 0 unspecified atom stereocenters. The van der Waals surface area contributed by atoms with Crippen LogP contribution >= 0.6 is 0 Å². The number of nitrogens with zero attached hydrogens (tertiary/aromatic N) is 3. The van der Waals surface area contributed by atoms with Crippen LogP contribution in [0.3, 0.4) is 0 Å². The molecule has 6 nitrogen and oxygen atoms in total. The number of carbonyl (C=O) groups excluding carboxylic acids is 2. The van der Waals surface area contributed by atoms with Crippen LogP contribution in [-0.2, 0) is 11.3 Å². The zero-order valence-corrected chi connectivity index (χ0v) is 17.3. The van der Waals surface area contributed by atoms with Crippen LogP contribution in [0.15, 0.2) is 54.7 Å². The molecule has 0 radical (unpaired) electrons. The summed E-state index contributed by atoms with van der Waals surface area (Å²) >= 11 is 0. The maximum atomic E-state index is 13.4. The van der Waals surface area contributed by atoms with Gasteiger partial charge in [0.05, 0.1) is 24.2 Å². The van der Waals surface area contributed by atoms with Crippen molar-refractivity contribution in [2.45, 2.75) is 27.3 Å². The molecule has 0 aliphatic heterocycles. The molecule has 30 heavy (non-hydrogen) atoms. The van der Waals surface area contributed by atoms with Gasteiger partial charge in [-0.15, -0.1) is 0 Å². The summed E-state index contributed by atoms with van der Waals surface area (Å²) in [6.45, 7) is 6.55. The van der Waals surface area contributed by atoms with Gasteiger partial charge in [-0.2, -0.15) is 5.10 Å². The van der Waals surface area contributed by atoms with E-state index in [0.29, 0.717) is 36.5 Å². The Labute approximate surface area is 174 Å². The normalized spacial score (nSPS) is 10.7. The van der Waals surface area contributed by atoms with Crippen molar-refractivity contribution in [2.24, 2.45) is 0 Å². The average molecular weight is 409 g/mol. The van der Waals surface area contributed by atoms with Crippen LogP contribution in [0.1, 0.15) is 45.8 Å². The maximum absolute atomic E-state index is 13.4.